The minimum absolute atomic E-state index is 0.0921. The van der Waals surface area contributed by atoms with E-state index in [1.807, 2.05) is 0 Å². The number of ether oxygens (including phenoxy) is 2. The molecule has 3 atom stereocenters. The highest BCUT2D eigenvalue weighted by Gasteiger charge is 2.41. The van der Waals surface area contributed by atoms with Crippen molar-refractivity contribution >= 4 is 17.8 Å². The summed E-state index contributed by atoms with van der Waals surface area (Å²) in [6.45, 7) is 1.67. The van der Waals surface area contributed by atoms with Crippen LogP contribution in [0.15, 0.2) is 16.5 Å². The summed E-state index contributed by atoms with van der Waals surface area (Å²) >= 11 is 0. The van der Waals surface area contributed by atoms with Crippen LogP contribution >= 0.6 is 0 Å². The number of fused-ring (bicyclic) bond motifs is 1. The number of hydrogen-bond donors (Lipinski definition) is 0. The number of oxazole rings is 1. The van der Waals surface area contributed by atoms with Gasteiger partial charge in [-0.15, -0.1) is 0 Å². The van der Waals surface area contributed by atoms with Crippen LogP contribution in [0.5, 0.6) is 0 Å². The molecule has 1 aromatic heterocycles. The Kier molecular flexibility index (Phi) is 7.36. The standard InChI is InChI=1S/C21H28FNO5/c1-14-23-15(13-26-14)11-17(22)19-12-20-18(27-20)9-5-3-2-4-7-16(24)8-6-10-21(25)28-19/h11,13,18-20H,2-10,12H2,1H3. The summed E-state index contributed by atoms with van der Waals surface area (Å²) in [4.78, 5) is 28.1. The number of esters is 1. The van der Waals surface area contributed by atoms with Crippen LogP contribution in [0.2, 0.25) is 0 Å². The Morgan fingerprint density at radius 2 is 1.89 bits per heavy atom. The predicted octanol–water partition coefficient (Wildman–Crippen LogP) is 4.46. The SMILES string of the molecule is Cc1nc(C=C(F)C2CC3OC3CCCCCCC(=O)CCCC(=O)O2)co1. The van der Waals surface area contributed by atoms with E-state index in [9.17, 15) is 14.0 Å². The molecule has 0 bridgehead atoms. The second-order valence-corrected chi connectivity index (χ2v) is 7.59. The number of carbonyl (C=O) groups excluding carboxylic acids is 2. The molecule has 3 rings (SSSR count). The molecule has 0 spiro atoms. The minimum Gasteiger partial charge on any atom is -0.455 e. The van der Waals surface area contributed by atoms with Crippen molar-refractivity contribution in [3.63, 3.8) is 0 Å². The first-order chi connectivity index (χ1) is 13.5. The number of hydrogen-bond acceptors (Lipinski definition) is 6. The van der Waals surface area contributed by atoms with Crippen molar-refractivity contribution in [1.82, 2.24) is 4.98 Å². The summed E-state index contributed by atoms with van der Waals surface area (Å²) in [5.74, 6) is -0.464. The summed E-state index contributed by atoms with van der Waals surface area (Å²) in [7, 11) is 0. The van der Waals surface area contributed by atoms with E-state index in [2.05, 4.69) is 4.98 Å². The van der Waals surface area contributed by atoms with Gasteiger partial charge in [0.05, 0.1) is 12.2 Å². The van der Waals surface area contributed by atoms with E-state index in [1.54, 1.807) is 6.92 Å². The zero-order valence-electron chi connectivity index (χ0n) is 16.3. The first-order valence-corrected chi connectivity index (χ1v) is 10.2. The van der Waals surface area contributed by atoms with Gasteiger partial charge >= 0.3 is 5.97 Å². The lowest BCUT2D eigenvalue weighted by atomic mass is 10.0. The van der Waals surface area contributed by atoms with E-state index in [1.165, 1.54) is 12.3 Å². The fraction of sp³-hybridized carbons (Fsp3) is 0.667. The van der Waals surface area contributed by atoms with Crippen molar-refractivity contribution in [2.75, 3.05) is 0 Å². The van der Waals surface area contributed by atoms with Gasteiger partial charge in [0.2, 0.25) is 0 Å². The molecule has 7 heteroatoms. The van der Waals surface area contributed by atoms with Crippen molar-refractivity contribution in [3.05, 3.63) is 23.7 Å². The number of cyclic esters (lactones) is 1. The number of epoxide rings is 1. The Labute approximate surface area is 164 Å². The Morgan fingerprint density at radius 3 is 2.68 bits per heavy atom. The first kappa shape index (κ1) is 20.7. The van der Waals surface area contributed by atoms with Crippen LogP contribution in [0.3, 0.4) is 0 Å². The van der Waals surface area contributed by atoms with Crippen LogP contribution < -0.4 is 0 Å². The summed E-state index contributed by atoms with van der Waals surface area (Å²) in [5.41, 5.74) is 0.344. The third-order valence-electron chi connectivity index (χ3n) is 5.17. The van der Waals surface area contributed by atoms with E-state index in [-0.39, 0.29) is 30.8 Å². The van der Waals surface area contributed by atoms with Crippen molar-refractivity contribution in [2.45, 2.75) is 89.4 Å². The van der Waals surface area contributed by atoms with Gasteiger partial charge < -0.3 is 13.9 Å². The van der Waals surface area contributed by atoms with Gasteiger partial charge in [-0.3, -0.25) is 9.59 Å². The topological polar surface area (TPSA) is 81.9 Å². The Balaban J connectivity index is 1.65. The molecular weight excluding hydrogens is 365 g/mol. The highest BCUT2D eigenvalue weighted by atomic mass is 19.1. The molecule has 2 saturated heterocycles. The molecule has 6 nitrogen and oxygen atoms in total. The van der Waals surface area contributed by atoms with Crippen LogP contribution in [-0.4, -0.2) is 35.0 Å². The van der Waals surface area contributed by atoms with Gasteiger partial charge in [-0.25, -0.2) is 9.37 Å². The average molecular weight is 393 g/mol. The van der Waals surface area contributed by atoms with Crippen LogP contribution in [-0.2, 0) is 19.1 Å². The number of ketones is 1. The van der Waals surface area contributed by atoms with E-state index in [0.29, 0.717) is 30.8 Å². The smallest absolute Gasteiger partial charge is 0.306 e. The maximum Gasteiger partial charge on any atom is 0.306 e. The molecule has 3 heterocycles. The lowest BCUT2D eigenvalue weighted by Crippen LogP contribution is -2.22. The summed E-state index contributed by atoms with van der Waals surface area (Å²) in [5, 5.41) is 0. The van der Waals surface area contributed by atoms with E-state index in [4.69, 9.17) is 13.9 Å². The second kappa shape index (κ2) is 9.96. The molecule has 0 N–H and O–H groups in total. The van der Waals surface area contributed by atoms with Crippen molar-refractivity contribution in [2.24, 2.45) is 0 Å². The fourth-order valence-corrected chi connectivity index (χ4v) is 3.54. The van der Waals surface area contributed by atoms with Gasteiger partial charge in [0.25, 0.3) is 0 Å². The normalized spacial score (nSPS) is 28.5. The van der Waals surface area contributed by atoms with Crippen LogP contribution in [0, 0.1) is 6.92 Å². The van der Waals surface area contributed by atoms with Crippen LogP contribution in [0.25, 0.3) is 6.08 Å². The largest absolute Gasteiger partial charge is 0.455 e. The Morgan fingerprint density at radius 1 is 1.11 bits per heavy atom. The molecule has 0 aromatic carbocycles. The van der Waals surface area contributed by atoms with E-state index in [0.717, 1.165) is 32.1 Å². The van der Waals surface area contributed by atoms with Gasteiger partial charge in [0, 0.05) is 38.7 Å². The van der Waals surface area contributed by atoms with Gasteiger partial charge in [-0.2, -0.15) is 0 Å². The number of nitrogens with zero attached hydrogens (tertiary/aromatic N) is 1. The number of halogens is 1. The summed E-state index contributed by atoms with van der Waals surface area (Å²) in [6.07, 6.45) is 8.26. The van der Waals surface area contributed by atoms with E-state index >= 15 is 0 Å². The quantitative estimate of drug-likeness (QED) is 0.545. The fourth-order valence-electron chi connectivity index (χ4n) is 3.54. The van der Waals surface area contributed by atoms with Gasteiger partial charge in [-0.05, 0) is 19.3 Å². The highest BCUT2D eigenvalue weighted by molar-refractivity contribution is 5.79. The second-order valence-electron chi connectivity index (χ2n) is 7.59. The Bertz CT molecular complexity index is 713. The van der Waals surface area contributed by atoms with Gasteiger partial charge in [0.1, 0.15) is 23.6 Å². The molecule has 2 aliphatic rings. The molecule has 0 radical (unpaired) electrons. The number of aromatic nitrogens is 1. The minimum atomic E-state index is -1.01. The zero-order chi connectivity index (χ0) is 19.9. The monoisotopic (exact) mass is 393 g/mol. The van der Waals surface area contributed by atoms with Crippen molar-refractivity contribution < 1.29 is 27.9 Å². The van der Waals surface area contributed by atoms with Crippen molar-refractivity contribution in [3.8, 4) is 0 Å². The van der Waals surface area contributed by atoms with Crippen LogP contribution in [0.4, 0.5) is 4.39 Å². The Hall–Kier alpha value is -2.02. The maximum atomic E-state index is 14.8. The van der Waals surface area contributed by atoms with Gasteiger partial charge in [-0.1, -0.05) is 19.3 Å². The van der Waals surface area contributed by atoms with Crippen molar-refractivity contribution in [1.29, 1.82) is 0 Å². The first-order valence-electron chi connectivity index (χ1n) is 10.2. The number of carbonyl (C=O) groups is 2. The summed E-state index contributed by atoms with van der Waals surface area (Å²) < 4.78 is 30.9. The number of rotatable bonds is 2. The molecule has 28 heavy (non-hydrogen) atoms. The zero-order valence-corrected chi connectivity index (χ0v) is 16.3. The maximum absolute atomic E-state index is 14.8. The average Bonchev–Trinajstić information content (AvgIpc) is 3.25. The van der Waals surface area contributed by atoms with E-state index < -0.39 is 17.9 Å². The highest BCUT2D eigenvalue weighted by Crippen LogP contribution is 2.34. The molecular formula is C21H28FNO5. The predicted molar refractivity (Wildman–Crippen MR) is 100 cm³/mol. The molecule has 1 aromatic rings. The number of Topliss-reactive ketones (excluding diaryl/α,β-unsaturated/α-hetero) is 1. The lowest BCUT2D eigenvalue weighted by molar-refractivity contribution is -0.148. The van der Waals surface area contributed by atoms with Gasteiger partial charge in [0.15, 0.2) is 12.0 Å². The molecule has 0 aliphatic carbocycles. The number of aryl methyl sites for hydroxylation is 1. The third-order valence-corrected chi connectivity index (χ3v) is 5.17. The molecule has 0 amide bonds. The molecule has 3 unspecified atom stereocenters. The molecule has 2 aliphatic heterocycles. The molecule has 154 valence electrons. The third kappa shape index (κ3) is 6.55. The lowest BCUT2D eigenvalue weighted by Gasteiger charge is -2.15. The molecule has 2 fully saturated rings. The summed E-state index contributed by atoms with van der Waals surface area (Å²) in [6, 6.07) is 0. The molecule has 0 saturated carbocycles. The van der Waals surface area contributed by atoms with Crippen LogP contribution in [0.1, 0.15) is 75.8 Å².